The lowest BCUT2D eigenvalue weighted by Crippen LogP contribution is -2.18. The van der Waals surface area contributed by atoms with Crippen LogP contribution >= 0.6 is 0 Å². The average molecular weight is 232 g/mol. The molecule has 2 N–H and O–H groups in total. The number of hydrogen-bond donors (Lipinski definition) is 2. The van der Waals surface area contributed by atoms with Gasteiger partial charge in [-0.1, -0.05) is 19.1 Å². The van der Waals surface area contributed by atoms with E-state index in [1.54, 1.807) is 0 Å². The van der Waals surface area contributed by atoms with Crippen LogP contribution in [0.4, 0.5) is 5.69 Å². The van der Waals surface area contributed by atoms with Crippen LogP contribution in [0.2, 0.25) is 0 Å². The molecule has 2 rings (SSSR count). The monoisotopic (exact) mass is 232 g/mol. The molecule has 0 spiro atoms. The molecule has 1 amide bonds. The molecule has 0 aliphatic carbocycles. The fourth-order valence-electron chi connectivity index (χ4n) is 2.19. The highest BCUT2D eigenvalue weighted by atomic mass is 16.1. The summed E-state index contributed by atoms with van der Waals surface area (Å²) in [6.07, 6.45) is 2.77. The highest BCUT2D eigenvalue weighted by Gasteiger charge is 2.17. The lowest BCUT2D eigenvalue weighted by molar-refractivity contribution is -0.116. The van der Waals surface area contributed by atoms with Crippen LogP contribution in [0.15, 0.2) is 24.3 Å². The van der Waals surface area contributed by atoms with E-state index in [0.29, 0.717) is 12.3 Å². The zero-order valence-corrected chi connectivity index (χ0v) is 10.3. The first-order chi connectivity index (χ1) is 8.28. The van der Waals surface area contributed by atoms with E-state index in [1.807, 2.05) is 12.1 Å². The van der Waals surface area contributed by atoms with Crippen LogP contribution in [0.5, 0.6) is 0 Å². The molecule has 1 heterocycles. The van der Waals surface area contributed by atoms with Crippen LogP contribution in [0.25, 0.3) is 0 Å². The van der Waals surface area contributed by atoms with Gasteiger partial charge in [-0.25, -0.2) is 0 Å². The summed E-state index contributed by atoms with van der Waals surface area (Å²) in [5.41, 5.74) is 2.20. The summed E-state index contributed by atoms with van der Waals surface area (Å²) < 4.78 is 0. The Morgan fingerprint density at radius 1 is 1.41 bits per heavy atom. The summed E-state index contributed by atoms with van der Waals surface area (Å²) >= 11 is 0. The number of benzene rings is 1. The molecule has 1 fully saturated rings. The van der Waals surface area contributed by atoms with E-state index in [4.69, 9.17) is 0 Å². The minimum Gasteiger partial charge on any atom is -0.326 e. The van der Waals surface area contributed by atoms with E-state index >= 15 is 0 Å². The summed E-state index contributed by atoms with van der Waals surface area (Å²) in [7, 11) is 0. The lowest BCUT2D eigenvalue weighted by Gasteiger charge is -2.09. The van der Waals surface area contributed by atoms with Crippen molar-refractivity contribution >= 4 is 11.6 Å². The maximum atomic E-state index is 11.8. The molecule has 1 atom stereocenters. The van der Waals surface area contributed by atoms with Gasteiger partial charge in [-0.05, 0) is 49.5 Å². The van der Waals surface area contributed by atoms with Crippen molar-refractivity contribution in [3.63, 3.8) is 0 Å². The number of hydrogen-bond acceptors (Lipinski definition) is 2. The van der Waals surface area contributed by atoms with Gasteiger partial charge in [-0.3, -0.25) is 4.79 Å². The third-order valence-corrected chi connectivity index (χ3v) is 3.28. The number of anilines is 1. The maximum absolute atomic E-state index is 11.8. The van der Waals surface area contributed by atoms with Gasteiger partial charge in [0.15, 0.2) is 0 Å². The van der Waals surface area contributed by atoms with Gasteiger partial charge in [-0.15, -0.1) is 0 Å². The van der Waals surface area contributed by atoms with Crippen LogP contribution < -0.4 is 10.6 Å². The van der Waals surface area contributed by atoms with E-state index in [-0.39, 0.29) is 5.91 Å². The molecule has 1 unspecified atom stereocenters. The Kier molecular flexibility index (Phi) is 4.15. The molecular weight excluding hydrogens is 212 g/mol. The molecule has 1 saturated heterocycles. The van der Waals surface area contributed by atoms with Gasteiger partial charge in [0.05, 0.1) is 0 Å². The molecule has 0 saturated carbocycles. The number of amides is 1. The van der Waals surface area contributed by atoms with Crippen molar-refractivity contribution in [1.29, 1.82) is 0 Å². The van der Waals surface area contributed by atoms with Crippen molar-refractivity contribution in [2.45, 2.75) is 26.2 Å². The highest BCUT2D eigenvalue weighted by molar-refractivity contribution is 5.90. The Bertz CT molecular complexity index is 366. The fourth-order valence-corrected chi connectivity index (χ4v) is 2.19. The first-order valence-corrected chi connectivity index (χ1v) is 6.37. The standard InChI is InChI=1S/C14H20N2O/c1-2-11-3-5-13(6-4-11)16-14(17)9-12-7-8-15-10-12/h3-6,12,15H,2,7-10H2,1H3,(H,16,17). The fraction of sp³-hybridized carbons (Fsp3) is 0.500. The molecule has 3 nitrogen and oxygen atoms in total. The van der Waals surface area contributed by atoms with Gasteiger partial charge in [0, 0.05) is 12.1 Å². The van der Waals surface area contributed by atoms with Crippen LogP contribution in [0, 0.1) is 5.92 Å². The van der Waals surface area contributed by atoms with E-state index in [0.717, 1.165) is 31.6 Å². The summed E-state index contributed by atoms with van der Waals surface area (Å²) in [5.74, 6) is 0.632. The Morgan fingerprint density at radius 2 is 2.18 bits per heavy atom. The van der Waals surface area contributed by atoms with Gasteiger partial charge in [0.1, 0.15) is 0 Å². The Balaban J connectivity index is 1.84. The minimum absolute atomic E-state index is 0.128. The number of carbonyl (C=O) groups excluding carboxylic acids is 1. The molecule has 0 bridgehead atoms. The number of nitrogens with one attached hydrogen (secondary N) is 2. The number of aryl methyl sites for hydroxylation is 1. The average Bonchev–Trinajstić information content (AvgIpc) is 2.82. The molecule has 17 heavy (non-hydrogen) atoms. The molecule has 1 aliphatic rings. The Hall–Kier alpha value is -1.35. The predicted octanol–water partition coefficient (Wildman–Crippen LogP) is 2.19. The second-order valence-electron chi connectivity index (χ2n) is 4.66. The predicted molar refractivity (Wildman–Crippen MR) is 70.0 cm³/mol. The quantitative estimate of drug-likeness (QED) is 0.835. The number of carbonyl (C=O) groups is 1. The van der Waals surface area contributed by atoms with Crippen molar-refractivity contribution in [2.24, 2.45) is 5.92 Å². The molecule has 3 heteroatoms. The molecule has 1 aliphatic heterocycles. The van der Waals surface area contributed by atoms with E-state index in [9.17, 15) is 4.79 Å². The number of rotatable bonds is 4. The van der Waals surface area contributed by atoms with Crippen LogP contribution in [0.1, 0.15) is 25.3 Å². The van der Waals surface area contributed by atoms with E-state index in [1.165, 1.54) is 5.56 Å². The topological polar surface area (TPSA) is 41.1 Å². The molecule has 1 aromatic rings. The van der Waals surface area contributed by atoms with Crippen LogP contribution in [-0.4, -0.2) is 19.0 Å². The van der Waals surface area contributed by atoms with Crippen molar-refractivity contribution in [3.05, 3.63) is 29.8 Å². The first-order valence-electron chi connectivity index (χ1n) is 6.37. The highest BCUT2D eigenvalue weighted by Crippen LogP contribution is 2.15. The third-order valence-electron chi connectivity index (χ3n) is 3.28. The van der Waals surface area contributed by atoms with Gasteiger partial charge in [0.2, 0.25) is 5.91 Å². The zero-order valence-electron chi connectivity index (χ0n) is 10.3. The largest absolute Gasteiger partial charge is 0.326 e. The van der Waals surface area contributed by atoms with Gasteiger partial charge >= 0.3 is 0 Å². The smallest absolute Gasteiger partial charge is 0.224 e. The van der Waals surface area contributed by atoms with E-state index < -0.39 is 0 Å². The Morgan fingerprint density at radius 3 is 2.76 bits per heavy atom. The molecule has 0 radical (unpaired) electrons. The molecule has 0 aromatic heterocycles. The molecule has 1 aromatic carbocycles. The van der Waals surface area contributed by atoms with Crippen molar-refractivity contribution in [2.75, 3.05) is 18.4 Å². The van der Waals surface area contributed by atoms with Gasteiger partial charge in [0.25, 0.3) is 0 Å². The molecule has 92 valence electrons. The lowest BCUT2D eigenvalue weighted by atomic mass is 10.0. The molecular formula is C14H20N2O. The Labute approximate surface area is 103 Å². The van der Waals surface area contributed by atoms with Crippen LogP contribution in [0.3, 0.4) is 0 Å². The minimum atomic E-state index is 0.128. The second kappa shape index (κ2) is 5.82. The van der Waals surface area contributed by atoms with Crippen molar-refractivity contribution in [1.82, 2.24) is 5.32 Å². The van der Waals surface area contributed by atoms with Crippen molar-refractivity contribution in [3.8, 4) is 0 Å². The van der Waals surface area contributed by atoms with E-state index in [2.05, 4.69) is 29.7 Å². The normalized spacial score (nSPS) is 19.2. The third kappa shape index (κ3) is 3.56. The van der Waals surface area contributed by atoms with Crippen LogP contribution in [-0.2, 0) is 11.2 Å². The summed E-state index contributed by atoms with van der Waals surface area (Å²) in [6, 6.07) is 8.08. The van der Waals surface area contributed by atoms with Gasteiger partial charge in [-0.2, -0.15) is 0 Å². The SMILES string of the molecule is CCc1ccc(NC(=O)CC2CCNC2)cc1. The summed E-state index contributed by atoms with van der Waals surface area (Å²) in [6.45, 7) is 4.14. The van der Waals surface area contributed by atoms with Gasteiger partial charge < -0.3 is 10.6 Å². The first kappa shape index (κ1) is 12.1. The zero-order chi connectivity index (χ0) is 12.1. The summed E-state index contributed by atoms with van der Waals surface area (Å²) in [5, 5.41) is 6.23. The van der Waals surface area contributed by atoms with Crippen molar-refractivity contribution < 1.29 is 4.79 Å². The second-order valence-corrected chi connectivity index (χ2v) is 4.66. The summed E-state index contributed by atoms with van der Waals surface area (Å²) in [4.78, 5) is 11.8. The maximum Gasteiger partial charge on any atom is 0.224 e.